The summed E-state index contributed by atoms with van der Waals surface area (Å²) >= 11 is 3.33. The summed E-state index contributed by atoms with van der Waals surface area (Å²) in [5, 5.41) is 0. The van der Waals surface area contributed by atoms with Gasteiger partial charge in [0.1, 0.15) is 5.60 Å². The van der Waals surface area contributed by atoms with Gasteiger partial charge in [0.2, 0.25) is 5.95 Å². The van der Waals surface area contributed by atoms with Gasteiger partial charge in [-0.15, -0.1) is 0 Å². The average Bonchev–Trinajstić information content (AvgIpc) is 2.68. The molecule has 0 aliphatic rings. The standard InChI is InChI=1S/C12H15BrN4O2/c1-12(2,3)19-11(18)17(4)10-15-8-5-7(13)6-14-9(8)16-10/h5-6H,1-4H3,(H,14,15,16). The molecular formula is C12H15BrN4O2. The number of pyridine rings is 1. The average molecular weight is 327 g/mol. The van der Waals surface area contributed by atoms with Gasteiger partial charge in [-0.1, -0.05) is 0 Å². The smallest absolute Gasteiger partial charge is 0.416 e. The van der Waals surface area contributed by atoms with Crippen LogP contribution in [0.3, 0.4) is 0 Å². The Kier molecular flexibility index (Phi) is 3.49. The van der Waals surface area contributed by atoms with E-state index in [9.17, 15) is 4.79 Å². The first-order valence-corrected chi connectivity index (χ1v) is 6.53. The van der Waals surface area contributed by atoms with Crippen LogP contribution in [-0.4, -0.2) is 33.7 Å². The van der Waals surface area contributed by atoms with E-state index < -0.39 is 11.7 Å². The van der Waals surface area contributed by atoms with E-state index in [2.05, 4.69) is 30.9 Å². The molecule has 0 radical (unpaired) electrons. The molecule has 0 saturated carbocycles. The molecule has 0 aromatic carbocycles. The molecule has 7 heteroatoms. The fraction of sp³-hybridized carbons (Fsp3) is 0.417. The van der Waals surface area contributed by atoms with E-state index in [1.54, 1.807) is 13.2 Å². The van der Waals surface area contributed by atoms with Gasteiger partial charge >= 0.3 is 6.09 Å². The highest BCUT2D eigenvalue weighted by molar-refractivity contribution is 9.10. The summed E-state index contributed by atoms with van der Waals surface area (Å²) < 4.78 is 6.11. The second-order valence-corrected chi connectivity index (χ2v) is 6.04. The molecule has 1 amide bonds. The third-order valence-corrected chi connectivity index (χ3v) is 2.71. The number of aromatic nitrogens is 3. The predicted octanol–water partition coefficient (Wildman–Crippen LogP) is 3.09. The number of imidazole rings is 1. The predicted molar refractivity (Wildman–Crippen MR) is 76.2 cm³/mol. The van der Waals surface area contributed by atoms with Crippen LogP contribution in [0.5, 0.6) is 0 Å². The van der Waals surface area contributed by atoms with E-state index >= 15 is 0 Å². The van der Waals surface area contributed by atoms with Crippen molar-refractivity contribution in [1.82, 2.24) is 15.0 Å². The fourth-order valence-corrected chi connectivity index (χ4v) is 1.77. The second-order valence-electron chi connectivity index (χ2n) is 5.12. The lowest BCUT2D eigenvalue weighted by molar-refractivity contribution is 0.0587. The van der Waals surface area contributed by atoms with Crippen molar-refractivity contribution in [2.45, 2.75) is 26.4 Å². The van der Waals surface area contributed by atoms with Crippen molar-refractivity contribution < 1.29 is 9.53 Å². The molecular weight excluding hydrogens is 312 g/mol. The minimum atomic E-state index is -0.543. The van der Waals surface area contributed by atoms with Crippen molar-refractivity contribution in [3.63, 3.8) is 0 Å². The Bertz CT molecular complexity index is 618. The Labute approximate surface area is 119 Å². The zero-order valence-electron chi connectivity index (χ0n) is 11.2. The highest BCUT2D eigenvalue weighted by Gasteiger charge is 2.22. The van der Waals surface area contributed by atoms with Gasteiger partial charge in [0.05, 0.1) is 5.52 Å². The number of anilines is 1. The molecule has 0 spiro atoms. The third-order valence-electron chi connectivity index (χ3n) is 2.28. The molecule has 0 fully saturated rings. The molecule has 2 aromatic rings. The van der Waals surface area contributed by atoms with Crippen molar-refractivity contribution in [3.05, 3.63) is 16.7 Å². The van der Waals surface area contributed by atoms with Gasteiger partial charge in [-0.3, -0.25) is 4.90 Å². The van der Waals surface area contributed by atoms with E-state index in [1.165, 1.54) is 4.90 Å². The number of fused-ring (bicyclic) bond motifs is 1. The Morgan fingerprint density at radius 2 is 2.16 bits per heavy atom. The van der Waals surface area contributed by atoms with Gasteiger partial charge in [0, 0.05) is 17.7 Å². The van der Waals surface area contributed by atoms with Gasteiger partial charge in [-0.25, -0.2) is 9.78 Å². The summed E-state index contributed by atoms with van der Waals surface area (Å²) in [4.78, 5) is 24.7. The van der Waals surface area contributed by atoms with E-state index in [0.29, 0.717) is 11.6 Å². The molecule has 2 heterocycles. The molecule has 0 bridgehead atoms. The summed E-state index contributed by atoms with van der Waals surface area (Å²) in [6.45, 7) is 5.45. The van der Waals surface area contributed by atoms with Crippen molar-refractivity contribution in [2.24, 2.45) is 0 Å². The van der Waals surface area contributed by atoms with Crippen LogP contribution in [0.4, 0.5) is 10.7 Å². The van der Waals surface area contributed by atoms with Gasteiger partial charge < -0.3 is 9.72 Å². The maximum atomic E-state index is 11.9. The van der Waals surface area contributed by atoms with Crippen LogP contribution in [0.25, 0.3) is 11.2 Å². The Balaban J connectivity index is 2.26. The van der Waals surface area contributed by atoms with Crippen molar-refractivity contribution >= 4 is 39.1 Å². The number of nitrogens with one attached hydrogen (secondary N) is 1. The van der Waals surface area contributed by atoms with E-state index in [4.69, 9.17) is 4.74 Å². The number of nitrogens with zero attached hydrogens (tertiary/aromatic N) is 3. The zero-order valence-corrected chi connectivity index (χ0v) is 12.8. The molecule has 0 aliphatic carbocycles. The second kappa shape index (κ2) is 4.80. The van der Waals surface area contributed by atoms with Crippen LogP contribution in [-0.2, 0) is 4.74 Å². The van der Waals surface area contributed by atoms with Crippen LogP contribution >= 0.6 is 15.9 Å². The van der Waals surface area contributed by atoms with Crippen molar-refractivity contribution in [3.8, 4) is 0 Å². The van der Waals surface area contributed by atoms with Gasteiger partial charge in [-0.2, -0.15) is 4.98 Å². The first-order chi connectivity index (χ1) is 8.76. The number of halogens is 1. The molecule has 2 rings (SSSR count). The largest absolute Gasteiger partial charge is 0.443 e. The number of hydrogen-bond acceptors (Lipinski definition) is 4. The quantitative estimate of drug-likeness (QED) is 0.874. The minimum Gasteiger partial charge on any atom is -0.443 e. The van der Waals surface area contributed by atoms with Gasteiger partial charge in [-0.05, 0) is 42.8 Å². The number of carbonyl (C=O) groups excluding carboxylic acids is 1. The Hall–Kier alpha value is -1.63. The Morgan fingerprint density at radius 1 is 1.47 bits per heavy atom. The van der Waals surface area contributed by atoms with E-state index in [1.807, 2.05) is 26.8 Å². The molecule has 2 aromatic heterocycles. The molecule has 19 heavy (non-hydrogen) atoms. The van der Waals surface area contributed by atoms with Crippen molar-refractivity contribution in [1.29, 1.82) is 0 Å². The highest BCUT2D eigenvalue weighted by Crippen LogP contribution is 2.19. The van der Waals surface area contributed by atoms with E-state index in [0.717, 1.165) is 9.99 Å². The summed E-state index contributed by atoms with van der Waals surface area (Å²) in [5.74, 6) is 0.398. The van der Waals surface area contributed by atoms with Crippen LogP contribution in [0.2, 0.25) is 0 Å². The lowest BCUT2D eigenvalue weighted by Crippen LogP contribution is -2.34. The highest BCUT2D eigenvalue weighted by atomic mass is 79.9. The van der Waals surface area contributed by atoms with Crippen LogP contribution in [0.1, 0.15) is 20.8 Å². The normalized spacial score (nSPS) is 11.6. The third kappa shape index (κ3) is 3.23. The SMILES string of the molecule is CN(C(=O)OC(C)(C)C)c1nc2ncc(Br)cc2[nH]1. The van der Waals surface area contributed by atoms with Crippen molar-refractivity contribution in [2.75, 3.05) is 11.9 Å². The number of ether oxygens (including phenoxy) is 1. The molecule has 0 atom stereocenters. The Morgan fingerprint density at radius 3 is 2.79 bits per heavy atom. The molecule has 6 nitrogen and oxygen atoms in total. The maximum Gasteiger partial charge on any atom is 0.416 e. The van der Waals surface area contributed by atoms with Gasteiger partial charge in [0.15, 0.2) is 5.65 Å². The number of amides is 1. The van der Waals surface area contributed by atoms with Crippen LogP contribution in [0.15, 0.2) is 16.7 Å². The monoisotopic (exact) mass is 326 g/mol. The number of hydrogen-bond donors (Lipinski definition) is 1. The van der Waals surface area contributed by atoms with Gasteiger partial charge in [0.25, 0.3) is 0 Å². The minimum absolute atomic E-state index is 0.398. The number of rotatable bonds is 1. The zero-order chi connectivity index (χ0) is 14.2. The van der Waals surface area contributed by atoms with E-state index in [-0.39, 0.29) is 0 Å². The maximum absolute atomic E-state index is 11.9. The fourth-order valence-electron chi connectivity index (χ4n) is 1.44. The van der Waals surface area contributed by atoms with Crippen LogP contribution < -0.4 is 4.90 Å². The molecule has 1 N–H and O–H groups in total. The summed E-state index contributed by atoms with van der Waals surface area (Å²) in [6.07, 6.45) is 1.19. The lowest BCUT2D eigenvalue weighted by Gasteiger charge is -2.23. The number of H-pyrrole nitrogens is 1. The first kappa shape index (κ1) is 13.8. The van der Waals surface area contributed by atoms with Crippen LogP contribution in [0, 0.1) is 0 Å². The summed E-state index contributed by atoms with van der Waals surface area (Å²) in [5.41, 5.74) is 0.756. The molecule has 102 valence electrons. The topological polar surface area (TPSA) is 71.1 Å². The summed E-state index contributed by atoms with van der Waals surface area (Å²) in [6, 6.07) is 1.85. The molecule has 0 aliphatic heterocycles. The number of carbonyl (C=O) groups is 1. The first-order valence-electron chi connectivity index (χ1n) is 5.74. The molecule has 0 unspecified atom stereocenters. The number of aromatic amines is 1. The lowest BCUT2D eigenvalue weighted by atomic mass is 10.2. The molecule has 0 saturated heterocycles. The summed E-state index contributed by atoms with van der Waals surface area (Å²) in [7, 11) is 1.60.